The Morgan fingerprint density at radius 1 is 1.26 bits per heavy atom. The second kappa shape index (κ2) is 8.29. The Labute approximate surface area is 145 Å². The number of morpholine rings is 1. The van der Waals surface area contributed by atoms with Crippen molar-refractivity contribution in [2.45, 2.75) is 18.9 Å². The van der Waals surface area contributed by atoms with Gasteiger partial charge >= 0.3 is 0 Å². The van der Waals surface area contributed by atoms with E-state index in [1.165, 1.54) is 19.4 Å². The molecule has 0 aromatic heterocycles. The third kappa shape index (κ3) is 4.57. The predicted molar refractivity (Wildman–Crippen MR) is 96.3 cm³/mol. The van der Waals surface area contributed by atoms with Gasteiger partial charge in [-0.2, -0.15) is 0 Å². The van der Waals surface area contributed by atoms with Gasteiger partial charge in [-0.1, -0.05) is 0 Å². The van der Waals surface area contributed by atoms with Gasteiger partial charge in [0.15, 0.2) is 5.11 Å². The largest absolute Gasteiger partial charge is 0.379 e. The van der Waals surface area contributed by atoms with Gasteiger partial charge in [0.05, 0.1) is 13.2 Å². The average molecular weight is 337 g/mol. The average Bonchev–Trinajstić information content (AvgIpc) is 2.61. The fourth-order valence-corrected chi connectivity index (χ4v) is 4.15. The molecular weight excluding hydrogens is 308 g/mol. The molecule has 23 heavy (non-hydrogen) atoms. The molecule has 0 radical (unpaired) electrons. The van der Waals surface area contributed by atoms with Gasteiger partial charge in [-0.15, -0.1) is 12.3 Å². The highest BCUT2D eigenvalue weighted by Gasteiger charge is 2.39. The first kappa shape index (κ1) is 17.0. The van der Waals surface area contributed by atoms with Gasteiger partial charge in [-0.3, -0.25) is 9.80 Å². The van der Waals surface area contributed by atoms with E-state index in [9.17, 15) is 0 Å². The minimum absolute atomic E-state index is 0.457. The van der Waals surface area contributed by atoms with Gasteiger partial charge < -0.3 is 15.4 Å². The van der Waals surface area contributed by atoms with Crippen molar-refractivity contribution in [3.05, 3.63) is 0 Å². The molecule has 0 amide bonds. The van der Waals surface area contributed by atoms with Crippen LogP contribution in [-0.4, -0.2) is 80.0 Å². The molecule has 4 aliphatic heterocycles. The quantitative estimate of drug-likeness (QED) is 0.549. The van der Waals surface area contributed by atoms with Crippen LogP contribution in [0.5, 0.6) is 0 Å². The normalized spacial score (nSPS) is 33.9. The van der Waals surface area contributed by atoms with E-state index in [-0.39, 0.29) is 0 Å². The lowest BCUT2D eigenvalue weighted by Crippen LogP contribution is -2.57. The monoisotopic (exact) mass is 336 g/mol. The Morgan fingerprint density at radius 2 is 2.09 bits per heavy atom. The van der Waals surface area contributed by atoms with Crippen molar-refractivity contribution in [2.24, 2.45) is 11.8 Å². The molecule has 0 saturated carbocycles. The SMILES string of the molecule is C#C[C@H]1CN2CC[C@H]1C[C@@H]2CNC(=S)NCCN1CCOCC1. The van der Waals surface area contributed by atoms with Crippen molar-refractivity contribution in [1.82, 2.24) is 20.4 Å². The summed E-state index contributed by atoms with van der Waals surface area (Å²) in [6, 6.07) is 0.581. The van der Waals surface area contributed by atoms with Crippen LogP contribution in [0.3, 0.4) is 0 Å². The molecule has 4 heterocycles. The Kier molecular flexibility index (Phi) is 6.12. The highest BCUT2D eigenvalue weighted by atomic mass is 32.1. The van der Waals surface area contributed by atoms with E-state index in [1.807, 2.05) is 0 Å². The lowest BCUT2D eigenvalue weighted by Gasteiger charge is -2.48. The number of piperidine rings is 3. The van der Waals surface area contributed by atoms with Crippen molar-refractivity contribution < 1.29 is 4.74 Å². The van der Waals surface area contributed by atoms with E-state index in [0.29, 0.717) is 17.9 Å². The molecule has 4 aliphatic rings. The number of nitrogens with zero attached hydrogens (tertiary/aromatic N) is 2. The first-order valence-corrected chi connectivity index (χ1v) is 9.19. The number of hydrogen-bond donors (Lipinski definition) is 2. The molecule has 128 valence electrons. The number of nitrogens with one attached hydrogen (secondary N) is 2. The van der Waals surface area contributed by atoms with Crippen molar-refractivity contribution in [1.29, 1.82) is 0 Å². The first-order valence-electron chi connectivity index (χ1n) is 8.78. The number of hydrogen-bond acceptors (Lipinski definition) is 4. The van der Waals surface area contributed by atoms with Crippen molar-refractivity contribution in [3.63, 3.8) is 0 Å². The van der Waals surface area contributed by atoms with Crippen LogP contribution in [0.2, 0.25) is 0 Å². The van der Waals surface area contributed by atoms with Crippen molar-refractivity contribution in [2.75, 3.05) is 59.0 Å². The summed E-state index contributed by atoms with van der Waals surface area (Å²) in [6.07, 6.45) is 8.10. The van der Waals surface area contributed by atoms with Crippen molar-refractivity contribution in [3.8, 4) is 12.3 Å². The van der Waals surface area contributed by atoms with E-state index in [4.69, 9.17) is 23.4 Å². The molecule has 2 N–H and O–H groups in total. The Hall–Kier alpha value is -0.870. The van der Waals surface area contributed by atoms with Gasteiger partial charge in [0.25, 0.3) is 0 Å². The standard InChI is InChI=1S/C17H28N4OS/c1-2-14-13-21-5-3-15(14)11-16(21)12-19-17(23)18-4-6-20-7-9-22-10-8-20/h1,14-16H,3-13H2,(H2,18,19,23)/t14-,15-,16+/m0/s1. The molecular formula is C17H28N4OS. The zero-order valence-corrected chi connectivity index (χ0v) is 14.6. The fraction of sp³-hybridized carbons (Fsp3) is 0.824. The van der Waals surface area contributed by atoms with Gasteiger partial charge in [-0.25, -0.2) is 0 Å². The van der Waals surface area contributed by atoms with Crippen LogP contribution in [-0.2, 0) is 4.74 Å². The highest BCUT2D eigenvalue weighted by molar-refractivity contribution is 7.80. The zero-order chi connectivity index (χ0) is 16.1. The molecule has 0 aromatic rings. The van der Waals surface area contributed by atoms with Gasteiger partial charge in [0.2, 0.25) is 0 Å². The van der Waals surface area contributed by atoms with Crippen LogP contribution in [0.25, 0.3) is 0 Å². The molecule has 2 bridgehead atoms. The predicted octanol–water partition coefficient (Wildman–Crippen LogP) is 0.126. The number of terminal acetylenes is 1. The number of fused-ring (bicyclic) bond motifs is 3. The minimum Gasteiger partial charge on any atom is -0.379 e. The third-order valence-electron chi connectivity index (χ3n) is 5.41. The topological polar surface area (TPSA) is 39.8 Å². The molecule has 5 nitrogen and oxygen atoms in total. The minimum atomic E-state index is 0.457. The van der Waals surface area contributed by atoms with E-state index in [2.05, 4.69) is 26.4 Å². The number of rotatable bonds is 5. The lowest BCUT2D eigenvalue weighted by atomic mass is 9.76. The fourth-order valence-electron chi connectivity index (χ4n) is 3.96. The molecule has 4 rings (SSSR count). The van der Waals surface area contributed by atoms with Crippen molar-refractivity contribution >= 4 is 17.3 Å². The summed E-state index contributed by atoms with van der Waals surface area (Å²) < 4.78 is 5.36. The summed E-state index contributed by atoms with van der Waals surface area (Å²) in [5.41, 5.74) is 0. The summed E-state index contributed by atoms with van der Waals surface area (Å²) in [6.45, 7) is 8.83. The van der Waals surface area contributed by atoms with Gasteiger partial charge in [-0.05, 0) is 37.5 Å². The maximum atomic E-state index is 5.64. The second-order valence-corrected chi connectivity index (χ2v) is 7.21. The maximum Gasteiger partial charge on any atom is 0.166 e. The molecule has 6 heteroatoms. The smallest absolute Gasteiger partial charge is 0.166 e. The summed E-state index contributed by atoms with van der Waals surface area (Å²) in [5, 5.41) is 7.48. The molecule has 0 aliphatic carbocycles. The third-order valence-corrected chi connectivity index (χ3v) is 5.70. The van der Waals surface area contributed by atoms with Crippen LogP contribution in [0, 0.1) is 24.2 Å². The van der Waals surface area contributed by atoms with Crippen LogP contribution in [0.4, 0.5) is 0 Å². The molecule has 4 saturated heterocycles. The van der Waals surface area contributed by atoms with E-state index >= 15 is 0 Å². The summed E-state index contributed by atoms with van der Waals surface area (Å²) >= 11 is 5.41. The van der Waals surface area contributed by atoms with E-state index in [1.54, 1.807) is 0 Å². The lowest BCUT2D eigenvalue weighted by molar-refractivity contribution is 0.0247. The van der Waals surface area contributed by atoms with Gasteiger partial charge in [0, 0.05) is 51.2 Å². The number of thiocarbonyl (C=S) groups is 1. The molecule has 0 aromatic carbocycles. The zero-order valence-electron chi connectivity index (χ0n) is 13.8. The Bertz CT molecular complexity index is 446. The second-order valence-electron chi connectivity index (χ2n) is 6.80. The highest BCUT2D eigenvalue weighted by Crippen LogP contribution is 2.35. The van der Waals surface area contributed by atoms with Crippen LogP contribution in [0.15, 0.2) is 0 Å². The van der Waals surface area contributed by atoms with Crippen LogP contribution >= 0.6 is 12.2 Å². The van der Waals surface area contributed by atoms with Crippen LogP contribution in [0.1, 0.15) is 12.8 Å². The van der Waals surface area contributed by atoms with Gasteiger partial charge in [0.1, 0.15) is 0 Å². The maximum absolute atomic E-state index is 5.64. The Morgan fingerprint density at radius 3 is 2.78 bits per heavy atom. The molecule has 4 atom stereocenters. The van der Waals surface area contributed by atoms with E-state index in [0.717, 1.165) is 57.6 Å². The van der Waals surface area contributed by atoms with Crippen LogP contribution < -0.4 is 10.6 Å². The molecule has 1 unspecified atom stereocenters. The number of ether oxygens (including phenoxy) is 1. The molecule has 0 spiro atoms. The Balaban J connectivity index is 1.31. The summed E-state index contributed by atoms with van der Waals surface area (Å²) in [5.74, 6) is 4.13. The van der Waals surface area contributed by atoms with E-state index < -0.39 is 0 Å². The molecule has 4 fully saturated rings. The first-order chi connectivity index (χ1) is 11.3. The summed E-state index contributed by atoms with van der Waals surface area (Å²) in [7, 11) is 0. The summed E-state index contributed by atoms with van der Waals surface area (Å²) in [4.78, 5) is 4.94.